The second-order valence-corrected chi connectivity index (χ2v) is 8.30. The number of terminal acetylenes is 1. The maximum atomic E-state index is 12.9. The Balaban J connectivity index is 1.32. The number of anilines is 2. The van der Waals surface area contributed by atoms with Gasteiger partial charge in [-0.05, 0) is 6.92 Å². The van der Waals surface area contributed by atoms with Crippen LogP contribution in [0.3, 0.4) is 0 Å². The van der Waals surface area contributed by atoms with Crippen molar-refractivity contribution in [3.05, 3.63) is 39.4 Å². The predicted octanol–water partition coefficient (Wildman–Crippen LogP) is 0.813. The van der Waals surface area contributed by atoms with E-state index in [1.807, 2.05) is 4.90 Å². The number of amides is 1. The van der Waals surface area contributed by atoms with Crippen molar-refractivity contribution in [2.45, 2.75) is 25.6 Å². The first kappa shape index (κ1) is 24.5. The molecule has 1 amide bonds. The van der Waals surface area contributed by atoms with Crippen molar-refractivity contribution in [1.82, 2.24) is 25.1 Å². The maximum absolute atomic E-state index is 12.9. The largest absolute Gasteiger partial charge is 0.419 e. The molecule has 2 aromatic rings. The summed E-state index contributed by atoms with van der Waals surface area (Å²) in [5.74, 6) is 3.06. The molecule has 10 nitrogen and oxygen atoms in total. The van der Waals surface area contributed by atoms with Gasteiger partial charge in [0.25, 0.3) is 5.56 Å². The molecular weight excluding hydrogens is 467 g/mol. The molecule has 186 valence electrons. The fourth-order valence-corrected chi connectivity index (χ4v) is 4.15. The minimum absolute atomic E-state index is 0.0831. The number of nitrogens with one attached hydrogen (secondary N) is 1. The van der Waals surface area contributed by atoms with E-state index in [2.05, 4.69) is 26.1 Å². The van der Waals surface area contributed by atoms with E-state index in [1.165, 1.54) is 0 Å². The Morgan fingerprint density at radius 2 is 1.89 bits per heavy atom. The van der Waals surface area contributed by atoms with Crippen LogP contribution in [0.2, 0.25) is 0 Å². The molecule has 2 aliphatic rings. The van der Waals surface area contributed by atoms with Crippen LogP contribution >= 0.6 is 0 Å². The summed E-state index contributed by atoms with van der Waals surface area (Å²) in [6, 6.07) is 0. The maximum Gasteiger partial charge on any atom is 0.419 e. The molecule has 4 heterocycles. The number of piperazine rings is 1. The number of rotatable bonds is 4. The van der Waals surface area contributed by atoms with Gasteiger partial charge in [0.15, 0.2) is 5.82 Å². The fourth-order valence-electron chi connectivity index (χ4n) is 4.15. The summed E-state index contributed by atoms with van der Waals surface area (Å²) in [7, 11) is 0. The standard InChI is InChI=1S/C22H24F3N7O3/c1-3-17-14(2)19(28-29-20(17)34)32-8-9-35-16(13-32)10-18(33)30-4-6-31(7-5-30)21-26-11-15(12-27-21)22(23,24)25/h1,11-12,16H,4-10,13H2,2H3,(H,29,34). The molecule has 4 rings (SSSR count). The number of carbonyl (C=O) groups excluding carboxylic acids is 1. The first-order valence-electron chi connectivity index (χ1n) is 11.0. The smallest absolute Gasteiger partial charge is 0.374 e. The predicted molar refractivity (Wildman–Crippen MR) is 120 cm³/mol. The highest BCUT2D eigenvalue weighted by molar-refractivity contribution is 5.77. The van der Waals surface area contributed by atoms with Crippen LogP contribution in [0.1, 0.15) is 23.1 Å². The second-order valence-electron chi connectivity index (χ2n) is 8.30. The van der Waals surface area contributed by atoms with Crippen LogP contribution in [0.5, 0.6) is 0 Å². The lowest BCUT2D eigenvalue weighted by Crippen LogP contribution is -2.51. The Bertz CT molecular complexity index is 1170. The lowest BCUT2D eigenvalue weighted by Gasteiger charge is -2.37. The van der Waals surface area contributed by atoms with Crippen molar-refractivity contribution in [1.29, 1.82) is 0 Å². The first-order chi connectivity index (χ1) is 16.7. The number of hydrogen-bond acceptors (Lipinski definition) is 8. The van der Waals surface area contributed by atoms with Crippen LogP contribution in [0.4, 0.5) is 24.9 Å². The molecule has 0 aliphatic carbocycles. The molecule has 1 N–H and O–H groups in total. The first-order valence-corrected chi connectivity index (χ1v) is 11.0. The third kappa shape index (κ3) is 5.37. The molecule has 0 spiro atoms. The van der Waals surface area contributed by atoms with E-state index < -0.39 is 17.3 Å². The van der Waals surface area contributed by atoms with Gasteiger partial charge in [0.1, 0.15) is 0 Å². The summed E-state index contributed by atoms with van der Waals surface area (Å²) in [5, 5.41) is 6.55. The Hall–Kier alpha value is -3.66. The Kier molecular flexibility index (Phi) is 6.93. The summed E-state index contributed by atoms with van der Waals surface area (Å²) in [4.78, 5) is 37.8. The van der Waals surface area contributed by atoms with Crippen LogP contribution in [-0.4, -0.2) is 83.0 Å². The van der Waals surface area contributed by atoms with Crippen molar-refractivity contribution in [3.8, 4) is 12.3 Å². The van der Waals surface area contributed by atoms with Gasteiger partial charge in [0.2, 0.25) is 11.9 Å². The zero-order chi connectivity index (χ0) is 25.2. The van der Waals surface area contributed by atoms with Crippen molar-refractivity contribution in [2.75, 3.05) is 55.7 Å². The number of aromatic amines is 1. The van der Waals surface area contributed by atoms with Crippen LogP contribution in [-0.2, 0) is 15.7 Å². The Morgan fingerprint density at radius 3 is 2.51 bits per heavy atom. The SMILES string of the molecule is C#Cc1c(C)c(N2CCOC(CC(=O)N3CCN(c4ncc(C(F)(F)F)cn4)CC3)C2)n[nH]c1=O. The van der Waals surface area contributed by atoms with E-state index >= 15 is 0 Å². The van der Waals surface area contributed by atoms with E-state index in [1.54, 1.807) is 16.7 Å². The van der Waals surface area contributed by atoms with Gasteiger partial charge in [0, 0.05) is 57.2 Å². The summed E-state index contributed by atoms with van der Waals surface area (Å²) in [5.41, 5.74) is -0.497. The number of ether oxygens (including phenoxy) is 1. The normalized spacial score (nSPS) is 18.9. The molecular formula is C22H24F3N7O3. The zero-order valence-electron chi connectivity index (χ0n) is 19.0. The molecule has 13 heteroatoms. The van der Waals surface area contributed by atoms with Gasteiger partial charge < -0.3 is 19.4 Å². The molecule has 1 unspecified atom stereocenters. The van der Waals surface area contributed by atoms with Gasteiger partial charge in [-0.1, -0.05) is 5.92 Å². The number of aromatic nitrogens is 4. The van der Waals surface area contributed by atoms with Gasteiger partial charge in [-0.2, -0.15) is 18.3 Å². The minimum atomic E-state index is -4.49. The number of carbonyl (C=O) groups is 1. The Labute approximate surface area is 199 Å². The van der Waals surface area contributed by atoms with Crippen molar-refractivity contribution < 1.29 is 22.7 Å². The number of alkyl halides is 3. The van der Waals surface area contributed by atoms with E-state index in [9.17, 15) is 22.8 Å². The number of nitrogens with zero attached hydrogens (tertiary/aromatic N) is 6. The second kappa shape index (κ2) is 9.91. The minimum Gasteiger partial charge on any atom is -0.374 e. The van der Waals surface area contributed by atoms with Crippen LogP contribution in [0, 0.1) is 19.3 Å². The van der Waals surface area contributed by atoms with E-state index in [4.69, 9.17) is 11.2 Å². The summed E-state index contributed by atoms with van der Waals surface area (Å²) in [6.07, 6.45) is 2.28. The molecule has 0 aromatic carbocycles. The van der Waals surface area contributed by atoms with Gasteiger partial charge in [-0.3, -0.25) is 9.59 Å². The van der Waals surface area contributed by atoms with Gasteiger partial charge in [-0.15, -0.1) is 6.42 Å². The summed E-state index contributed by atoms with van der Waals surface area (Å²) in [6.45, 7) is 4.69. The molecule has 2 aliphatic heterocycles. The molecule has 0 saturated carbocycles. The highest BCUT2D eigenvalue weighted by atomic mass is 19.4. The van der Waals surface area contributed by atoms with E-state index in [-0.39, 0.29) is 29.9 Å². The van der Waals surface area contributed by atoms with E-state index in [0.29, 0.717) is 57.3 Å². The lowest BCUT2D eigenvalue weighted by molar-refractivity contribution is -0.138. The molecule has 2 aromatic heterocycles. The topological polar surface area (TPSA) is 108 Å². The fraction of sp³-hybridized carbons (Fsp3) is 0.500. The number of morpholine rings is 1. The lowest BCUT2D eigenvalue weighted by atomic mass is 10.1. The number of H-pyrrole nitrogens is 1. The summed E-state index contributed by atoms with van der Waals surface area (Å²) < 4.78 is 43.9. The molecule has 35 heavy (non-hydrogen) atoms. The van der Waals surface area contributed by atoms with Gasteiger partial charge >= 0.3 is 6.18 Å². The zero-order valence-corrected chi connectivity index (χ0v) is 19.0. The highest BCUT2D eigenvalue weighted by Gasteiger charge is 2.32. The quantitative estimate of drug-likeness (QED) is 0.627. The third-order valence-electron chi connectivity index (χ3n) is 6.07. The molecule has 0 radical (unpaired) electrons. The van der Waals surface area contributed by atoms with Gasteiger partial charge in [0.05, 0.1) is 30.3 Å². The van der Waals surface area contributed by atoms with Crippen LogP contribution in [0.15, 0.2) is 17.2 Å². The highest BCUT2D eigenvalue weighted by Crippen LogP contribution is 2.28. The monoisotopic (exact) mass is 491 g/mol. The average Bonchev–Trinajstić information content (AvgIpc) is 2.84. The molecule has 2 fully saturated rings. The molecule has 2 saturated heterocycles. The van der Waals surface area contributed by atoms with Crippen molar-refractivity contribution in [2.24, 2.45) is 0 Å². The average molecular weight is 491 g/mol. The van der Waals surface area contributed by atoms with Gasteiger partial charge in [-0.25, -0.2) is 15.1 Å². The Morgan fingerprint density at radius 1 is 1.20 bits per heavy atom. The van der Waals surface area contributed by atoms with Crippen molar-refractivity contribution >= 4 is 17.7 Å². The third-order valence-corrected chi connectivity index (χ3v) is 6.07. The number of hydrogen-bond donors (Lipinski definition) is 1. The van der Waals surface area contributed by atoms with E-state index in [0.717, 1.165) is 12.4 Å². The molecule has 0 bridgehead atoms. The number of halogens is 3. The van der Waals surface area contributed by atoms with Crippen LogP contribution in [0.25, 0.3) is 0 Å². The van der Waals surface area contributed by atoms with Crippen LogP contribution < -0.4 is 15.4 Å². The van der Waals surface area contributed by atoms with Crippen molar-refractivity contribution in [3.63, 3.8) is 0 Å². The molecule has 1 atom stereocenters. The summed E-state index contributed by atoms with van der Waals surface area (Å²) >= 11 is 0.